The van der Waals surface area contributed by atoms with Crippen LogP contribution in [-0.2, 0) is 10.0 Å². The van der Waals surface area contributed by atoms with E-state index in [0.717, 1.165) is 44.5 Å². The molecule has 0 saturated carbocycles. The lowest BCUT2D eigenvalue weighted by Gasteiger charge is -2.28. The standard InChI is InChI=1S/C23H32ClN3O4S/c1-3-26(4-2)20(21-10-9-15-31-21)17-25-23(28)18-11-12-19(24)22(16-18)32(29,30)27-13-7-5-6-8-14-27/h9-12,15-16,20H,3-8,13-14,17H2,1-2H3,(H,25,28)/t20-/m1/s1. The largest absolute Gasteiger partial charge is 0.468 e. The predicted molar refractivity (Wildman–Crippen MR) is 125 cm³/mol. The first-order valence-corrected chi connectivity index (χ1v) is 13.1. The number of rotatable bonds is 9. The van der Waals surface area contributed by atoms with E-state index < -0.39 is 10.0 Å². The van der Waals surface area contributed by atoms with E-state index in [-0.39, 0.29) is 27.4 Å². The molecule has 9 heteroatoms. The van der Waals surface area contributed by atoms with Crippen molar-refractivity contribution in [3.8, 4) is 0 Å². The van der Waals surface area contributed by atoms with Gasteiger partial charge in [-0.25, -0.2) is 8.42 Å². The van der Waals surface area contributed by atoms with Gasteiger partial charge in [0.15, 0.2) is 0 Å². The fourth-order valence-electron chi connectivity index (χ4n) is 4.11. The molecule has 7 nitrogen and oxygen atoms in total. The minimum Gasteiger partial charge on any atom is -0.468 e. The Hall–Kier alpha value is -1.87. The molecule has 1 atom stereocenters. The quantitative estimate of drug-likeness (QED) is 0.577. The van der Waals surface area contributed by atoms with Gasteiger partial charge in [-0.05, 0) is 56.3 Å². The number of carbonyl (C=O) groups is 1. The van der Waals surface area contributed by atoms with Crippen LogP contribution >= 0.6 is 11.6 Å². The van der Waals surface area contributed by atoms with Crippen molar-refractivity contribution >= 4 is 27.5 Å². The lowest BCUT2D eigenvalue weighted by atomic mass is 10.1. The molecule has 2 aromatic rings. The summed E-state index contributed by atoms with van der Waals surface area (Å²) in [5, 5.41) is 3.06. The number of amides is 1. The Balaban J connectivity index is 1.78. The summed E-state index contributed by atoms with van der Waals surface area (Å²) in [4.78, 5) is 15.1. The van der Waals surface area contributed by atoms with Gasteiger partial charge in [0.25, 0.3) is 5.91 Å². The van der Waals surface area contributed by atoms with Gasteiger partial charge >= 0.3 is 0 Å². The van der Waals surface area contributed by atoms with Gasteiger partial charge in [-0.1, -0.05) is 38.3 Å². The maximum atomic E-state index is 13.2. The van der Waals surface area contributed by atoms with E-state index in [9.17, 15) is 13.2 Å². The summed E-state index contributed by atoms with van der Waals surface area (Å²) in [6.45, 7) is 7.01. The third kappa shape index (κ3) is 5.73. The Bertz CT molecular complexity index is 983. The van der Waals surface area contributed by atoms with E-state index in [4.69, 9.17) is 16.0 Å². The smallest absolute Gasteiger partial charge is 0.251 e. The number of hydrogen-bond acceptors (Lipinski definition) is 5. The molecule has 1 aromatic carbocycles. The number of halogens is 1. The number of sulfonamides is 1. The highest BCUT2D eigenvalue weighted by Gasteiger charge is 2.28. The van der Waals surface area contributed by atoms with Gasteiger partial charge in [0.2, 0.25) is 10.0 Å². The highest BCUT2D eigenvalue weighted by molar-refractivity contribution is 7.89. The number of nitrogens with one attached hydrogen (secondary N) is 1. The first kappa shape index (κ1) is 24.8. The molecule has 0 aliphatic carbocycles. The summed E-state index contributed by atoms with van der Waals surface area (Å²) < 4.78 is 33.5. The number of likely N-dealkylation sites (N-methyl/N-ethyl adjacent to an activating group) is 1. The SMILES string of the molecule is CCN(CC)[C@H](CNC(=O)c1ccc(Cl)c(S(=O)(=O)N2CCCCCC2)c1)c1ccco1. The van der Waals surface area contributed by atoms with Crippen LogP contribution < -0.4 is 5.32 Å². The number of benzene rings is 1. The number of carbonyl (C=O) groups excluding carboxylic acids is 1. The Morgan fingerprint density at radius 2 is 1.84 bits per heavy atom. The van der Waals surface area contributed by atoms with Crippen LogP contribution in [-0.4, -0.2) is 56.3 Å². The molecule has 0 spiro atoms. The van der Waals surface area contributed by atoms with Crippen molar-refractivity contribution in [3.05, 3.63) is 52.9 Å². The van der Waals surface area contributed by atoms with Crippen LogP contribution in [0, 0.1) is 0 Å². The predicted octanol–water partition coefficient (Wildman–Crippen LogP) is 4.31. The Morgan fingerprint density at radius 1 is 1.16 bits per heavy atom. The fraction of sp³-hybridized carbons (Fsp3) is 0.522. The molecule has 32 heavy (non-hydrogen) atoms. The summed E-state index contributed by atoms with van der Waals surface area (Å²) in [5.41, 5.74) is 0.264. The van der Waals surface area contributed by atoms with Gasteiger partial charge < -0.3 is 9.73 Å². The Labute approximate surface area is 195 Å². The molecule has 1 amide bonds. The van der Waals surface area contributed by atoms with Crippen molar-refractivity contribution in [2.75, 3.05) is 32.7 Å². The van der Waals surface area contributed by atoms with Gasteiger partial charge in [0.05, 0.1) is 17.3 Å². The van der Waals surface area contributed by atoms with Crippen LogP contribution in [0.5, 0.6) is 0 Å². The molecular weight excluding hydrogens is 450 g/mol. The van der Waals surface area contributed by atoms with Gasteiger partial charge in [-0.15, -0.1) is 0 Å². The number of furan rings is 1. The zero-order valence-corrected chi connectivity index (χ0v) is 20.3. The normalized spacial score (nSPS) is 16.6. The van der Waals surface area contributed by atoms with Crippen LogP contribution in [0.4, 0.5) is 0 Å². The van der Waals surface area contributed by atoms with Crippen LogP contribution in [0.3, 0.4) is 0 Å². The maximum Gasteiger partial charge on any atom is 0.251 e. The summed E-state index contributed by atoms with van der Waals surface area (Å²) in [7, 11) is -3.76. The maximum absolute atomic E-state index is 13.2. The Kier molecular flexibility index (Phi) is 8.76. The van der Waals surface area contributed by atoms with Crippen molar-refractivity contribution in [3.63, 3.8) is 0 Å². The average molecular weight is 482 g/mol. The van der Waals surface area contributed by atoms with Crippen LogP contribution in [0.15, 0.2) is 45.9 Å². The number of hydrogen-bond donors (Lipinski definition) is 1. The second-order valence-electron chi connectivity index (χ2n) is 7.93. The van der Waals surface area contributed by atoms with Gasteiger partial charge in [-0.3, -0.25) is 9.69 Å². The molecule has 3 rings (SSSR count). The van der Waals surface area contributed by atoms with Gasteiger partial charge in [0, 0.05) is 25.2 Å². The molecule has 1 aliphatic heterocycles. The van der Waals surface area contributed by atoms with E-state index in [1.807, 2.05) is 12.1 Å². The summed E-state index contributed by atoms with van der Waals surface area (Å²) in [5.74, 6) is 0.423. The second kappa shape index (κ2) is 11.3. The molecule has 1 aromatic heterocycles. The van der Waals surface area contributed by atoms with E-state index >= 15 is 0 Å². The van der Waals surface area contributed by atoms with E-state index in [0.29, 0.717) is 19.6 Å². The lowest BCUT2D eigenvalue weighted by Crippen LogP contribution is -2.38. The van der Waals surface area contributed by atoms with E-state index in [1.165, 1.54) is 16.4 Å². The highest BCUT2D eigenvalue weighted by atomic mass is 35.5. The van der Waals surface area contributed by atoms with Crippen molar-refractivity contribution in [1.29, 1.82) is 0 Å². The van der Waals surface area contributed by atoms with Crippen molar-refractivity contribution in [2.24, 2.45) is 0 Å². The zero-order valence-electron chi connectivity index (χ0n) is 18.7. The molecule has 0 bridgehead atoms. The van der Waals surface area contributed by atoms with Crippen LogP contribution in [0.1, 0.15) is 61.7 Å². The molecule has 0 unspecified atom stereocenters. The molecule has 2 heterocycles. The summed E-state index contributed by atoms with van der Waals surface area (Å²) in [6.07, 6.45) is 5.32. The van der Waals surface area contributed by atoms with Crippen LogP contribution in [0.2, 0.25) is 5.02 Å². The third-order valence-corrected chi connectivity index (χ3v) is 8.34. The monoisotopic (exact) mass is 481 g/mol. The van der Waals surface area contributed by atoms with Crippen molar-refractivity contribution < 1.29 is 17.6 Å². The molecule has 0 radical (unpaired) electrons. The first-order valence-electron chi connectivity index (χ1n) is 11.2. The van der Waals surface area contributed by atoms with E-state index in [1.54, 1.807) is 12.3 Å². The van der Waals surface area contributed by atoms with Crippen LogP contribution in [0.25, 0.3) is 0 Å². The molecule has 1 N–H and O–H groups in total. The molecule has 176 valence electrons. The minimum atomic E-state index is -3.76. The van der Waals surface area contributed by atoms with Crippen molar-refractivity contribution in [2.45, 2.75) is 50.5 Å². The summed E-state index contributed by atoms with van der Waals surface area (Å²) >= 11 is 6.26. The van der Waals surface area contributed by atoms with Crippen molar-refractivity contribution in [1.82, 2.24) is 14.5 Å². The summed E-state index contributed by atoms with van der Waals surface area (Å²) in [6, 6.07) is 8.03. The van der Waals surface area contributed by atoms with E-state index in [2.05, 4.69) is 24.1 Å². The molecule has 1 aliphatic rings. The molecule has 1 fully saturated rings. The highest BCUT2D eigenvalue weighted by Crippen LogP contribution is 2.28. The number of nitrogens with zero attached hydrogens (tertiary/aromatic N) is 2. The van der Waals surface area contributed by atoms with Gasteiger partial charge in [0.1, 0.15) is 10.7 Å². The zero-order chi connectivity index (χ0) is 23.1. The van der Waals surface area contributed by atoms with Gasteiger partial charge in [-0.2, -0.15) is 4.31 Å². The second-order valence-corrected chi connectivity index (χ2v) is 10.2. The fourth-order valence-corrected chi connectivity index (χ4v) is 6.13. The first-order chi connectivity index (χ1) is 15.4. The Morgan fingerprint density at radius 3 is 2.44 bits per heavy atom. The molecule has 1 saturated heterocycles. The topological polar surface area (TPSA) is 82.9 Å². The third-order valence-electron chi connectivity index (χ3n) is 5.96. The minimum absolute atomic E-state index is 0.0138. The molecular formula is C23H32ClN3O4S. The lowest BCUT2D eigenvalue weighted by molar-refractivity contribution is 0.0929. The average Bonchev–Trinajstić information content (AvgIpc) is 3.17.